The third-order valence-corrected chi connectivity index (χ3v) is 11.3. The van der Waals surface area contributed by atoms with E-state index in [2.05, 4.69) is 149 Å². The third-order valence-electron chi connectivity index (χ3n) is 11.3. The van der Waals surface area contributed by atoms with Crippen LogP contribution in [0.2, 0.25) is 0 Å². The Balaban J connectivity index is 0.997. The molecular formula is C53H31N7. The first-order chi connectivity index (χ1) is 29.6. The number of fused-ring (bicyclic) bond motifs is 6. The molecule has 3 aromatic heterocycles. The number of benzene rings is 8. The molecule has 0 aliphatic rings. The summed E-state index contributed by atoms with van der Waals surface area (Å²) in [5.74, 6) is 1.51. The van der Waals surface area contributed by atoms with Gasteiger partial charge in [-0.2, -0.15) is 10.5 Å². The van der Waals surface area contributed by atoms with Gasteiger partial charge in [0.05, 0.1) is 45.3 Å². The maximum Gasteiger partial charge on any atom is 0.164 e. The molecule has 0 atom stereocenters. The molecule has 7 nitrogen and oxygen atoms in total. The van der Waals surface area contributed by atoms with Crippen molar-refractivity contribution in [3.8, 4) is 68.8 Å². The molecule has 0 aliphatic carbocycles. The predicted octanol–water partition coefficient (Wildman–Crippen LogP) is 12.5. The van der Waals surface area contributed by atoms with Gasteiger partial charge in [0.25, 0.3) is 0 Å². The first-order valence-electron chi connectivity index (χ1n) is 19.6. The van der Waals surface area contributed by atoms with Crippen molar-refractivity contribution in [1.29, 1.82) is 10.5 Å². The standard InChI is InChI=1S/C53H31N7/c54-32-34-14-18-36(19-15-34)51-56-52(37-20-16-35(33-55)17-21-37)58-53(57-51)38-22-26-42(27-23-38)60-48-13-7-5-11-44(48)46-31-40(25-29-50(46)60)39-24-28-49-45(30-39)43-10-4-6-12-47(43)59(49)41-8-2-1-3-9-41/h1-31H. The van der Waals surface area contributed by atoms with E-state index < -0.39 is 0 Å². The summed E-state index contributed by atoms with van der Waals surface area (Å²) in [4.78, 5) is 14.6. The molecule has 8 aromatic carbocycles. The number of para-hydroxylation sites is 3. The lowest BCUT2D eigenvalue weighted by Crippen LogP contribution is -2.00. The predicted molar refractivity (Wildman–Crippen MR) is 240 cm³/mol. The molecule has 0 N–H and O–H groups in total. The number of hydrogen-bond donors (Lipinski definition) is 0. The number of aromatic nitrogens is 5. The van der Waals surface area contributed by atoms with Crippen molar-refractivity contribution in [3.63, 3.8) is 0 Å². The van der Waals surface area contributed by atoms with E-state index in [9.17, 15) is 10.5 Å². The fraction of sp³-hybridized carbons (Fsp3) is 0. The lowest BCUT2D eigenvalue weighted by molar-refractivity contribution is 1.07. The summed E-state index contributed by atoms with van der Waals surface area (Å²) in [7, 11) is 0. The van der Waals surface area contributed by atoms with E-state index in [-0.39, 0.29) is 0 Å². The zero-order valence-corrected chi connectivity index (χ0v) is 32.0. The second-order valence-corrected chi connectivity index (χ2v) is 14.7. The van der Waals surface area contributed by atoms with Gasteiger partial charge in [0, 0.05) is 49.6 Å². The van der Waals surface area contributed by atoms with Gasteiger partial charge in [-0.3, -0.25) is 0 Å². The second kappa shape index (κ2) is 14.1. The van der Waals surface area contributed by atoms with Crippen molar-refractivity contribution < 1.29 is 0 Å². The molecule has 0 radical (unpaired) electrons. The van der Waals surface area contributed by atoms with Crippen molar-refractivity contribution in [2.75, 3.05) is 0 Å². The van der Waals surface area contributed by atoms with Gasteiger partial charge >= 0.3 is 0 Å². The molecule has 0 fully saturated rings. The van der Waals surface area contributed by atoms with E-state index in [0.717, 1.165) is 44.7 Å². The SMILES string of the molecule is N#Cc1ccc(-c2nc(-c3ccc(C#N)cc3)nc(-c3ccc(-n4c5ccccc5c5cc(-c6ccc7c(c6)c6ccccc6n7-c6ccccc6)ccc54)cc3)n2)cc1. The van der Waals surface area contributed by atoms with Gasteiger partial charge in [0.15, 0.2) is 17.5 Å². The van der Waals surface area contributed by atoms with E-state index in [1.54, 1.807) is 24.3 Å². The molecule has 0 bridgehead atoms. The highest BCUT2D eigenvalue weighted by Crippen LogP contribution is 2.38. The zero-order chi connectivity index (χ0) is 40.2. The highest BCUT2D eigenvalue weighted by molar-refractivity contribution is 6.12. The van der Waals surface area contributed by atoms with Gasteiger partial charge in [-0.15, -0.1) is 0 Å². The van der Waals surface area contributed by atoms with Gasteiger partial charge in [0.1, 0.15) is 0 Å². The van der Waals surface area contributed by atoms with Gasteiger partial charge in [-0.1, -0.05) is 66.7 Å². The maximum atomic E-state index is 9.37. The summed E-state index contributed by atoms with van der Waals surface area (Å²) in [6, 6.07) is 68.4. The Kier molecular flexibility index (Phi) is 8.11. The van der Waals surface area contributed by atoms with Gasteiger partial charge < -0.3 is 9.13 Å². The Bertz CT molecular complexity index is 3460. The van der Waals surface area contributed by atoms with Crippen molar-refractivity contribution in [3.05, 3.63) is 199 Å². The third kappa shape index (κ3) is 5.77. The van der Waals surface area contributed by atoms with Crippen LogP contribution in [0.1, 0.15) is 11.1 Å². The Morgan fingerprint density at radius 2 is 0.667 bits per heavy atom. The van der Waals surface area contributed by atoms with Gasteiger partial charge in [-0.25, -0.2) is 15.0 Å². The van der Waals surface area contributed by atoms with Crippen LogP contribution in [0.15, 0.2) is 188 Å². The van der Waals surface area contributed by atoms with Crippen LogP contribution < -0.4 is 0 Å². The summed E-state index contributed by atoms with van der Waals surface area (Å²) >= 11 is 0. The number of nitriles is 2. The van der Waals surface area contributed by atoms with Crippen LogP contribution in [0, 0.1) is 22.7 Å². The molecule has 0 spiro atoms. The molecule has 3 heterocycles. The van der Waals surface area contributed by atoms with E-state index >= 15 is 0 Å². The van der Waals surface area contributed by atoms with E-state index in [1.165, 1.54) is 38.1 Å². The molecule has 11 rings (SSSR count). The average Bonchev–Trinajstić information content (AvgIpc) is 3.84. The Morgan fingerprint density at radius 3 is 1.10 bits per heavy atom. The van der Waals surface area contributed by atoms with Crippen molar-refractivity contribution in [2.24, 2.45) is 0 Å². The molecule has 0 unspecified atom stereocenters. The number of nitrogens with zero attached hydrogens (tertiary/aromatic N) is 7. The maximum absolute atomic E-state index is 9.37. The minimum atomic E-state index is 0.493. The fourth-order valence-corrected chi connectivity index (χ4v) is 8.35. The Labute approximate surface area is 345 Å². The lowest BCUT2D eigenvalue weighted by Gasteiger charge is -2.11. The first-order valence-corrected chi connectivity index (χ1v) is 19.6. The fourth-order valence-electron chi connectivity index (χ4n) is 8.35. The number of rotatable bonds is 6. The van der Waals surface area contributed by atoms with Crippen LogP contribution in [0.25, 0.3) is 100 Å². The monoisotopic (exact) mass is 765 g/mol. The Morgan fingerprint density at radius 1 is 0.317 bits per heavy atom. The molecule has 0 amide bonds. The average molecular weight is 766 g/mol. The summed E-state index contributed by atoms with van der Waals surface area (Å²) in [5, 5.41) is 23.5. The molecule has 60 heavy (non-hydrogen) atoms. The minimum absolute atomic E-state index is 0.493. The quantitative estimate of drug-likeness (QED) is 0.168. The zero-order valence-electron chi connectivity index (χ0n) is 32.0. The molecular weight excluding hydrogens is 735 g/mol. The summed E-state index contributed by atoms with van der Waals surface area (Å²) in [6.07, 6.45) is 0. The highest BCUT2D eigenvalue weighted by Gasteiger charge is 2.17. The van der Waals surface area contributed by atoms with Crippen LogP contribution in [0.3, 0.4) is 0 Å². The Hall–Kier alpha value is -8.65. The van der Waals surface area contributed by atoms with Crippen LogP contribution in [-0.2, 0) is 0 Å². The normalized spacial score (nSPS) is 11.3. The largest absolute Gasteiger partial charge is 0.309 e. The van der Waals surface area contributed by atoms with Crippen LogP contribution in [-0.4, -0.2) is 24.1 Å². The van der Waals surface area contributed by atoms with Crippen molar-refractivity contribution in [2.45, 2.75) is 0 Å². The first kappa shape index (κ1) is 34.6. The lowest BCUT2D eigenvalue weighted by atomic mass is 10.0. The topological polar surface area (TPSA) is 96.1 Å². The molecule has 0 saturated carbocycles. The van der Waals surface area contributed by atoms with Crippen LogP contribution in [0.5, 0.6) is 0 Å². The highest BCUT2D eigenvalue weighted by atomic mass is 15.0. The smallest absolute Gasteiger partial charge is 0.164 e. The molecule has 0 saturated heterocycles. The van der Waals surface area contributed by atoms with Crippen LogP contribution >= 0.6 is 0 Å². The van der Waals surface area contributed by atoms with Crippen LogP contribution in [0.4, 0.5) is 0 Å². The number of hydrogen-bond acceptors (Lipinski definition) is 5. The van der Waals surface area contributed by atoms with E-state index in [1.807, 2.05) is 36.4 Å². The summed E-state index contributed by atoms with van der Waals surface area (Å²) in [6.45, 7) is 0. The summed E-state index contributed by atoms with van der Waals surface area (Å²) in [5.41, 5.74) is 12.6. The molecule has 278 valence electrons. The van der Waals surface area contributed by atoms with Crippen molar-refractivity contribution >= 4 is 43.6 Å². The minimum Gasteiger partial charge on any atom is -0.309 e. The van der Waals surface area contributed by atoms with E-state index in [0.29, 0.717) is 28.6 Å². The van der Waals surface area contributed by atoms with E-state index in [4.69, 9.17) is 15.0 Å². The van der Waals surface area contributed by atoms with Gasteiger partial charge in [0.2, 0.25) is 0 Å². The van der Waals surface area contributed by atoms with Crippen molar-refractivity contribution in [1.82, 2.24) is 24.1 Å². The summed E-state index contributed by atoms with van der Waals surface area (Å²) < 4.78 is 4.66. The molecule has 7 heteroatoms. The molecule has 0 aliphatic heterocycles. The van der Waals surface area contributed by atoms with Gasteiger partial charge in [-0.05, 0) is 132 Å². The molecule has 11 aromatic rings. The second-order valence-electron chi connectivity index (χ2n) is 14.7.